The second-order valence-electron chi connectivity index (χ2n) is 14.6. The number of carbonyl (C=O) groups is 2. The summed E-state index contributed by atoms with van der Waals surface area (Å²) in [6, 6.07) is 31.1. The molecule has 4 aromatic carbocycles. The summed E-state index contributed by atoms with van der Waals surface area (Å²) in [6.45, 7) is 8.11. The lowest BCUT2D eigenvalue weighted by molar-refractivity contribution is -0.175. The zero-order chi connectivity index (χ0) is 38.3. The standard InChI is InChI=1S/C44H50O10/c1-43(2)51-37(27-49-35-23-15-31(16-24-35)9-7-29-11-19-33(20-12-29)41(45)47-5)39(53-43)40-38(52-44(3,4)54-40)28-50-36-25-17-32(18-26-36)10-8-30-13-21-34(22-14-30)42(46)48-6/h11-26,37-40H,7-10,27-28H2,1-6H3/t37-,38+,39+,40-. The van der Waals surface area contributed by atoms with Gasteiger partial charge in [0.05, 0.1) is 25.3 Å². The molecule has 0 bridgehead atoms. The van der Waals surface area contributed by atoms with E-state index in [9.17, 15) is 9.59 Å². The first kappa shape index (κ1) is 39.0. The van der Waals surface area contributed by atoms with Crippen LogP contribution in [0.1, 0.15) is 70.7 Å². The predicted octanol–water partition coefficient (Wildman–Crippen LogP) is 7.33. The molecule has 2 saturated heterocycles. The third-order valence-electron chi connectivity index (χ3n) is 9.60. The molecule has 0 aromatic heterocycles. The van der Waals surface area contributed by atoms with Crippen molar-refractivity contribution in [1.82, 2.24) is 0 Å². The number of hydrogen-bond acceptors (Lipinski definition) is 10. The topological polar surface area (TPSA) is 108 Å². The van der Waals surface area contributed by atoms with Crippen LogP contribution >= 0.6 is 0 Å². The zero-order valence-electron chi connectivity index (χ0n) is 31.9. The Morgan fingerprint density at radius 1 is 0.481 bits per heavy atom. The van der Waals surface area contributed by atoms with Crippen LogP contribution in [0.5, 0.6) is 11.5 Å². The van der Waals surface area contributed by atoms with E-state index in [4.69, 9.17) is 37.9 Å². The van der Waals surface area contributed by atoms with Gasteiger partial charge in [0.25, 0.3) is 0 Å². The maximum Gasteiger partial charge on any atom is 0.337 e. The smallest absolute Gasteiger partial charge is 0.337 e. The number of methoxy groups -OCH3 is 2. The van der Waals surface area contributed by atoms with Crippen LogP contribution < -0.4 is 9.47 Å². The van der Waals surface area contributed by atoms with Crippen LogP contribution in [-0.2, 0) is 54.1 Å². The molecule has 10 nitrogen and oxygen atoms in total. The summed E-state index contributed by atoms with van der Waals surface area (Å²) >= 11 is 0. The second-order valence-corrected chi connectivity index (χ2v) is 14.6. The molecular formula is C44H50O10. The molecule has 2 fully saturated rings. The Labute approximate surface area is 317 Å². The van der Waals surface area contributed by atoms with Crippen LogP contribution in [0, 0.1) is 0 Å². The third kappa shape index (κ3) is 10.3. The van der Waals surface area contributed by atoms with Crippen molar-refractivity contribution in [2.24, 2.45) is 0 Å². The van der Waals surface area contributed by atoms with E-state index in [0.717, 1.165) is 48.3 Å². The van der Waals surface area contributed by atoms with Crippen molar-refractivity contribution in [2.75, 3.05) is 27.4 Å². The van der Waals surface area contributed by atoms with Crippen LogP contribution in [-0.4, -0.2) is 75.4 Å². The molecule has 2 aliphatic heterocycles. The Morgan fingerprint density at radius 2 is 0.778 bits per heavy atom. The highest BCUT2D eigenvalue weighted by Gasteiger charge is 2.54. The zero-order valence-corrected chi connectivity index (χ0v) is 31.9. The summed E-state index contributed by atoms with van der Waals surface area (Å²) in [7, 11) is 2.76. The van der Waals surface area contributed by atoms with E-state index in [2.05, 4.69) is 24.3 Å². The molecule has 0 spiro atoms. The van der Waals surface area contributed by atoms with E-state index >= 15 is 0 Å². The summed E-state index contributed by atoms with van der Waals surface area (Å²) in [5.74, 6) is -0.875. The normalized spacial score (nSPS) is 21.4. The molecule has 0 aliphatic carbocycles. The Balaban J connectivity index is 1.01. The predicted molar refractivity (Wildman–Crippen MR) is 202 cm³/mol. The van der Waals surface area contributed by atoms with Crippen LogP contribution in [0.3, 0.4) is 0 Å². The minimum atomic E-state index is -0.835. The molecule has 10 heteroatoms. The fraction of sp³-hybridized carbons (Fsp3) is 0.409. The van der Waals surface area contributed by atoms with E-state index in [1.807, 2.05) is 76.2 Å². The molecule has 2 heterocycles. The fourth-order valence-corrected chi connectivity index (χ4v) is 6.83. The van der Waals surface area contributed by atoms with Crippen molar-refractivity contribution >= 4 is 11.9 Å². The minimum absolute atomic E-state index is 0.269. The molecule has 4 atom stereocenters. The molecule has 0 radical (unpaired) electrons. The molecule has 0 unspecified atom stereocenters. The quantitative estimate of drug-likeness (QED) is 0.115. The summed E-state index contributed by atoms with van der Waals surface area (Å²) < 4.78 is 47.6. The Hall–Kier alpha value is -4.74. The Kier molecular flexibility index (Phi) is 12.4. The number of ether oxygens (including phenoxy) is 8. The van der Waals surface area contributed by atoms with Gasteiger partial charge in [-0.15, -0.1) is 0 Å². The van der Waals surface area contributed by atoms with Gasteiger partial charge in [-0.2, -0.15) is 0 Å². The highest BCUT2D eigenvalue weighted by atomic mass is 16.8. The lowest BCUT2D eigenvalue weighted by atomic mass is 10.0. The lowest BCUT2D eigenvalue weighted by Gasteiger charge is -2.26. The molecule has 0 amide bonds. The number of carbonyl (C=O) groups excluding carboxylic acids is 2. The minimum Gasteiger partial charge on any atom is -0.491 e. The first-order valence-electron chi connectivity index (χ1n) is 18.4. The summed E-state index contributed by atoms with van der Waals surface area (Å²) in [4.78, 5) is 23.4. The summed E-state index contributed by atoms with van der Waals surface area (Å²) in [5.41, 5.74) is 5.74. The lowest BCUT2D eigenvalue weighted by Crippen LogP contribution is -2.45. The van der Waals surface area contributed by atoms with E-state index in [1.54, 1.807) is 24.3 Å². The molecule has 0 saturated carbocycles. The van der Waals surface area contributed by atoms with E-state index < -0.39 is 36.0 Å². The first-order chi connectivity index (χ1) is 25.9. The van der Waals surface area contributed by atoms with Crippen molar-refractivity contribution in [2.45, 2.75) is 89.4 Å². The van der Waals surface area contributed by atoms with Gasteiger partial charge in [-0.25, -0.2) is 9.59 Å². The van der Waals surface area contributed by atoms with Gasteiger partial charge in [0.2, 0.25) is 0 Å². The maximum atomic E-state index is 11.7. The Bertz CT molecular complexity index is 1700. The van der Waals surface area contributed by atoms with Gasteiger partial charge in [-0.3, -0.25) is 0 Å². The highest BCUT2D eigenvalue weighted by molar-refractivity contribution is 5.89. The first-order valence-corrected chi connectivity index (χ1v) is 18.4. The van der Waals surface area contributed by atoms with Crippen molar-refractivity contribution in [3.05, 3.63) is 130 Å². The van der Waals surface area contributed by atoms with Crippen molar-refractivity contribution < 1.29 is 47.5 Å². The average molecular weight is 739 g/mol. The second kappa shape index (κ2) is 17.2. The van der Waals surface area contributed by atoms with Crippen LogP contribution in [0.15, 0.2) is 97.1 Å². The van der Waals surface area contributed by atoms with Gasteiger partial charge in [0.15, 0.2) is 11.6 Å². The number of rotatable bonds is 15. The van der Waals surface area contributed by atoms with Gasteiger partial charge in [-0.05, 0) is 124 Å². The van der Waals surface area contributed by atoms with E-state index in [0.29, 0.717) is 11.1 Å². The van der Waals surface area contributed by atoms with Crippen molar-refractivity contribution in [1.29, 1.82) is 0 Å². The average Bonchev–Trinajstić information content (AvgIpc) is 3.67. The number of benzene rings is 4. The van der Waals surface area contributed by atoms with Crippen molar-refractivity contribution in [3.63, 3.8) is 0 Å². The number of hydrogen-bond donors (Lipinski definition) is 0. The fourth-order valence-electron chi connectivity index (χ4n) is 6.83. The van der Waals surface area contributed by atoms with Gasteiger partial charge in [0.1, 0.15) is 49.1 Å². The third-order valence-corrected chi connectivity index (χ3v) is 9.60. The molecule has 286 valence electrons. The SMILES string of the molecule is COC(=O)c1ccc(CCc2ccc(OC[C@@H]3OC(C)(C)O[C@H]3[C@H]3OC(C)(C)O[C@@H]3COc3ccc(CCc4ccc(C(=O)OC)cc4)cc3)cc2)cc1. The molecule has 54 heavy (non-hydrogen) atoms. The number of aryl methyl sites for hydroxylation is 4. The largest absolute Gasteiger partial charge is 0.491 e. The van der Waals surface area contributed by atoms with Gasteiger partial charge in [0, 0.05) is 0 Å². The van der Waals surface area contributed by atoms with E-state index in [-0.39, 0.29) is 25.2 Å². The maximum absolute atomic E-state index is 11.7. The van der Waals surface area contributed by atoms with Crippen molar-refractivity contribution in [3.8, 4) is 11.5 Å². The van der Waals surface area contributed by atoms with Gasteiger partial charge < -0.3 is 37.9 Å². The van der Waals surface area contributed by atoms with Gasteiger partial charge >= 0.3 is 11.9 Å². The monoisotopic (exact) mass is 738 g/mol. The number of esters is 2. The highest BCUT2D eigenvalue weighted by Crippen LogP contribution is 2.39. The molecule has 2 aliphatic rings. The van der Waals surface area contributed by atoms with E-state index in [1.165, 1.54) is 25.3 Å². The van der Waals surface area contributed by atoms with Crippen LogP contribution in [0.4, 0.5) is 0 Å². The molecular weight excluding hydrogens is 688 g/mol. The summed E-state index contributed by atoms with van der Waals surface area (Å²) in [6.07, 6.45) is 1.67. The van der Waals surface area contributed by atoms with Crippen LogP contribution in [0.2, 0.25) is 0 Å². The molecule has 6 rings (SSSR count). The molecule has 4 aromatic rings. The van der Waals surface area contributed by atoms with Gasteiger partial charge in [-0.1, -0.05) is 48.5 Å². The summed E-state index contributed by atoms with van der Waals surface area (Å²) in [5, 5.41) is 0. The van der Waals surface area contributed by atoms with Crippen LogP contribution in [0.25, 0.3) is 0 Å². The Morgan fingerprint density at radius 3 is 1.07 bits per heavy atom. The molecule has 0 N–H and O–H groups in total.